The molecule has 1 fully saturated rings. The molecule has 1 saturated heterocycles. The molecule has 184 valence electrons. The molecule has 0 aliphatic carbocycles. The van der Waals surface area contributed by atoms with Crippen LogP contribution in [0.1, 0.15) is 12.0 Å². The number of halogens is 2. The zero-order valence-electron chi connectivity index (χ0n) is 19.7. The van der Waals surface area contributed by atoms with Crippen molar-refractivity contribution in [1.29, 1.82) is 5.26 Å². The summed E-state index contributed by atoms with van der Waals surface area (Å²) in [5.41, 5.74) is 9.19. The minimum absolute atomic E-state index is 0.122. The molecule has 0 unspecified atom stereocenters. The van der Waals surface area contributed by atoms with Gasteiger partial charge in [0.1, 0.15) is 34.8 Å². The summed E-state index contributed by atoms with van der Waals surface area (Å²) in [6, 6.07) is 10.00. The maximum Gasteiger partial charge on any atom is 0.162 e. The lowest BCUT2D eigenvalue weighted by molar-refractivity contribution is 0.0731. The van der Waals surface area contributed by atoms with Crippen LogP contribution in [0.2, 0.25) is 0 Å². The van der Waals surface area contributed by atoms with Gasteiger partial charge in [0.15, 0.2) is 5.65 Å². The van der Waals surface area contributed by atoms with Crippen LogP contribution >= 0.6 is 0 Å². The Bertz CT molecular complexity index is 1490. The fourth-order valence-electron chi connectivity index (χ4n) is 4.79. The molecule has 0 saturated carbocycles. The van der Waals surface area contributed by atoms with Crippen molar-refractivity contribution in [2.24, 2.45) is 12.8 Å². The predicted octanol–water partition coefficient (Wildman–Crippen LogP) is 3.71. The summed E-state index contributed by atoms with van der Waals surface area (Å²) in [5, 5.41) is 20.0. The number of aromatic nitrogens is 3. The number of aryl methyl sites for hydroxylation is 1. The Balaban J connectivity index is 1.78. The second kappa shape index (κ2) is 9.18. The topological polar surface area (TPSA) is 113 Å². The van der Waals surface area contributed by atoms with Gasteiger partial charge in [-0.05, 0) is 36.2 Å². The van der Waals surface area contributed by atoms with Crippen LogP contribution in [0.3, 0.4) is 0 Å². The van der Waals surface area contributed by atoms with Crippen molar-refractivity contribution >= 4 is 16.9 Å². The quantitative estimate of drug-likeness (QED) is 0.448. The first kappa shape index (κ1) is 23.7. The van der Waals surface area contributed by atoms with Gasteiger partial charge in [0.2, 0.25) is 0 Å². The number of aromatic hydroxyl groups is 1. The molecular formula is C26H24F2N6O2. The normalized spacial score (nSPS) is 17.9. The third-order valence-corrected chi connectivity index (χ3v) is 6.66. The third-order valence-electron chi connectivity index (χ3n) is 6.66. The number of fused-ring (bicyclic) bond motifs is 1. The molecule has 1 aliphatic heterocycles. The Morgan fingerprint density at radius 2 is 1.94 bits per heavy atom. The van der Waals surface area contributed by atoms with E-state index in [2.05, 4.69) is 4.98 Å². The molecule has 2 aromatic heterocycles. The first-order chi connectivity index (χ1) is 17.3. The van der Waals surface area contributed by atoms with Crippen LogP contribution < -0.4 is 10.6 Å². The van der Waals surface area contributed by atoms with Crippen molar-refractivity contribution in [2.75, 3.05) is 25.1 Å². The average molecular weight is 491 g/mol. The fourth-order valence-corrected chi connectivity index (χ4v) is 4.79. The number of methoxy groups -OCH3 is 1. The van der Waals surface area contributed by atoms with Crippen LogP contribution in [0.15, 0.2) is 42.6 Å². The van der Waals surface area contributed by atoms with Crippen LogP contribution in [-0.2, 0) is 11.8 Å². The number of nitrogens with zero attached hydrogens (tertiary/aromatic N) is 5. The van der Waals surface area contributed by atoms with E-state index in [0.29, 0.717) is 58.9 Å². The number of hydrogen-bond acceptors (Lipinski definition) is 7. The molecule has 2 atom stereocenters. The van der Waals surface area contributed by atoms with Gasteiger partial charge in [-0.15, -0.1) is 0 Å². The number of rotatable bonds is 4. The van der Waals surface area contributed by atoms with Crippen molar-refractivity contribution in [3.63, 3.8) is 0 Å². The number of nitriles is 1. The van der Waals surface area contributed by atoms with E-state index >= 15 is 0 Å². The number of hydrogen-bond donors (Lipinski definition) is 2. The first-order valence-corrected chi connectivity index (χ1v) is 11.4. The van der Waals surface area contributed by atoms with Gasteiger partial charge in [0.05, 0.1) is 22.9 Å². The van der Waals surface area contributed by atoms with Crippen LogP contribution in [0, 0.1) is 23.0 Å². The van der Waals surface area contributed by atoms with Crippen LogP contribution in [-0.4, -0.2) is 52.0 Å². The van der Waals surface area contributed by atoms with Crippen molar-refractivity contribution in [1.82, 2.24) is 14.5 Å². The van der Waals surface area contributed by atoms with Gasteiger partial charge in [0.25, 0.3) is 0 Å². The summed E-state index contributed by atoms with van der Waals surface area (Å²) >= 11 is 0. The number of anilines is 1. The van der Waals surface area contributed by atoms with Crippen molar-refractivity contribution in [3.05, 3.63) is 59.8 Å². The molecule has 36 heavy (non-hydrogen) atoms. The summed E-state index contributed by atoms with van der Waals surface area (Å²) in [6.45, 7) is 1.02. The largest absolute Gasteiger partial charge is 0.506 e. The number of nitrogens with two attached hydrogens (primary N) is 1. The molecule has 0 radical (unpaired) electrons. The highest BCUT2D eigenvalue weighted by Crippen LogP contribution is 2.40. The standard InChI is InChI=1S/C26H24F2N6O2/c1-33-25(18-5-3-4-14(11-29)24(18)35)32-22-23(34-7-6-20(30)21(13-34)36-2)19(12-31-26(22)33)15-8-16(27)10-17(28)9-15/h3-5,8-10,12,20-21,35H,6-7,13,30H2,1-2H3/t20-,21-/m1/s1. The summed E-state index contributed by atoms with van der Waals surface area (Å²) in [5.74, 6) is -1.19. The lowest BCUT2D eigenvalue weighted by Gasteiger charge is -2.38. The maximum atomic E-state index is 14.2. The molecule has 0 amide bonds. The van der Waals surface area contributed by atoms with E-state index in [1.807, 2.05) is 11.0 Å². The highest BCUT2D eigenvalue weighted by molar-refractivity contribution is 5.98. The second-order valence-electron chi connectivity index (χ2n) is 8.83. The fraction of sp³-hybridized carbons (Fsp3) is 0.269. The molecule has 3 N–H and O–H groups in total. The first-order valence-electron chi connectivity index (χ1n) is 11.4. The minimum Gasteiger partial charge on any atom is -0.506 e. The van der Waals surface area contributed by atoms with Gasteiger partial charge in [-0.3, -0.25) is 0 Å². The van der Waals surface area contributed by atoms with E-state index < -0.39 is 11.6 Å². The highest BCUT2D eigenvalue weighted by Gasteiger charge is 2.31. The monoisotopic (exact) mass is 490 g/mol. The molecule has 5 rings (SSSR count). The second-order valence-corrected chi connectivity index (χ2v) is 8.83. The van der Waals surface area contributed by atoms with E-state index in [-0.39, 0.29) is 23.5 Å². The number of imidazole rings is 1. The third kappa shape index (κ3) is 3.92. The van der Waals surface area contributed by atoms with E-state index in [1.165, 1.54) is 18.2 Å². The number of phenolic OH excluding ortho intramolecular Hbond substituents is 1. The van der Waals surface area contributed by atoms with Gasteiger partial charge in [-0.2, -0.15) is 5.26 Å². The summed E-state index contributed by atoms with van der Waals surface area (Å²) in [6.07, 6.45) is 1.96. The summed E-state index contributed by atoms with van der Waals surface area (Å²) < 4.78 is 35.7. The molecule has 3 heterocycles. The molecule has 0 spiro atoms. The number of pyridine rings is 1. The zero-order valence-corrected chi connectivity index (χ0v) is 19.7. The molecule has 2 aromatic carbocycles. The zero-order chi connectivity index (χ0) is 25.6. The van der Waals surface area contributed by atoms with Crippen LogP contribution in [0.4, 0.5) is 14.5 Å². The number of phenols is 1. The van der Waals surface area contributed by atoms with Gasteiger partial charge in [0, 0.05) is 51.1 Å². The van der Waals surface area contributed by atoms with E-state index in [4.69, 9.17) is 15.5 Å². The Morgan fingerprint density at radius 3 is 2.64 bits per heavy atom. The Kier molecular flexibility index (Phi) is 6.04. The Hall–Kier alpha value is -4.07. The van der Waals surface area contributed by atoms with Crippen molar-refractivity contribution < 1.29 is 18.6 Å². The van der Waals surface area contributed by atoms with E-state index in [9.17, 15) is 19.1 Å². The highest BCUT2D eigenvalue weighted by atomic mass is 19.1. The maximum absolute atomic E-state index is 14.2. The lowest BCUT2D eigenvalue weighted by atomic mass is 9.99. The number of ether oxygens (including phenoxy) is 1. The SMILES string of the molecule is CO[C@@H]1CN(c2c(-c3cc(F)cc(F)c3)cnc3c2nc(-c2cccc(C#N)c2O)n3C)CC[C@H]1N. The van der Waals surface area contributed by atoms with Crippen LogP contribution in [0.5, 0.6) is 5.75 Å². The Morgan fingerprint density at radius 1 is 1.19 bits per heavy atom. The lowest BCUT2D eigenvalue weighted by Crippen LogP contribution is -2.51. The summed E-state index contributed by atoms with van der Waals surface area (Å²) in [7, 11) is 3.36. The van der Waals surface area contributed by atoms with Crippen molar-refractivity contribution in [2.45, 2.75) is 18.6 Å². The minimum atomic E-state index is -0.702. The average Bonchev–Trinajstić information content (AvgIpc) is 3.19. The molecule has 8 nitrogen and oxygen atoms in total. The molecule has 0 bridgehead atoms. The summed E-state index contributed by atoms with van der Waals surface area (Å²) in [4.78, 5) is 11.4. The van der Waals surface area contributed by atoms with Gasteiger partial charge < -0.3 is 25.0 Å². The molecular weight excluding hydrogens is 466 g/mol. The van der Waals surface area contributed by atoms with Gasteiger partial charge >= 0.3 is 0 Å². The number of piperidine rings is 1. The van der Waals surface area contributed by atoms with E-state index in [1.54, 1.807) is 37.1 Å². The van der Waals surface area contributed by atoms with Crippen molar-refractivity contribution in [3.8, 4) is 34.3 Å². The molecule has 4 aromatic rings. The van der Waals surface area contributed by atoms with Gasteiger partial charge in [-0.25, -0.2) is 18.7 Å². The van der Waals surface area contributed by atoms with Gasteiger partial charge in [-0.1, -0.05) is 6.07 Å². The Labute approximate surface area is 206 Å². The molecule has 1 aliphatic rings. The van der Waals surface area contributed by atoms with Crippen LogP contribution in [0.25, 0.3) is 33.7 Å². The molecule has 10 heteroatoms. The van der Waals surface area contributed by atoms with E-state index in [0.717, 1.165) is 6.07 Å². The number of para-hydroxylation sites is 1. The smallest absolute Gasteiger partial charge is 0.162 e. The number of benzene rings is 2. The predicted molar refractivity (Wildman–Crippen MR) is 131 cm³/mol.